The normalized spacial score (nSPS) is 22.7. The van der Waals surface area contributed by atoms with E-state index in [0.717, 1.165) is 63.3 Å². The maximum atomic E-state index is 13.8. The average molecular weight is 487 g/mol. The van der Waals surface area contributed by atoms with Crippen LogP contribution in [0, 0.1) is 0 Å². The van der Waals surface area contributed by atoms with Gasteiger partial charge < -0.3 is 19.5 Å². The summed E-state index contributed by atoms with van der Waals surface area (Å²) >= 11 is 0. The molecule has 0 spiro atoms. The zero-order valence-corrected chi connectivity index (χ0v) is 20.7. The van der Waals surface area contributed by atoms with Crippen LogP contribution in [0.2, 0.25) is 0 Å². The van der Waals surface area contributed by atoms with Crippen molar-refractivity contribution in [2.24, 2.45) is 0 Å². The van der Waals surface area contributed by atoms with Gasteiger partial charge in [-0.2, -0.15) is 0 Å². The third-order valence-electron chi connectivity index (χ3n) is 8.02. The molecule has 2 aromatic carbocycles. The highest BCUT2D eigenvalue weighted by atomic mass is 16.5. The van der Waals surface area contributed by atoms with Crippen LogP contribution in [-0.2, 0) is 27.2 Å². The van der Waals surface area contributed by atoms with E-state index in [1.807, 2.05) is 23.1 Å². The van der Waals surface area contributed by atoms with Gasteiger partial charge in [0.2, 0.25) is 11.8 Å². The van der Waals surface area contributed by atoms with Crippen molar-refractivity contribution < 1.29 is 14.3 Å². The second-order valence-electron chi connectivity index (χ2n) is 10.2. The lowest BCUT2D eigenvalue weighted by atomic mass is 9.86. The summed E-state index contributed by atoms with van der Waals surface area (Å²) in [6.45, 7) is 5.16. The number of carbonyl (C=O) groups is 2. The van der Waals surface area contributed by atoms with Crippen LogP contribution in [0.1, 0.15) is 35.7 Å². The Bertz CT molecular complexity index is 1230. The molecule has 0 unspecified atom stereocenters. The smallest absolute Gasteiger partial charge is 0.246 e. The van der Waals surface area contributed by atoms with Crippen molar-refractivity contribution in [3.05, 3.63) is 71.4 Å². The summed E-state index contributed by atoms with van der Waals surface area (Å²) in [6.07, 6.45) is 3.10. The summed E-state index contributed by atoms with van der Waals surface area (Å²) in [5.74, 6) is 0.158. The number of ether oxygens (including phenoxy) is 1. The van der Waals surface area contributed by atoms with Gasteiger partial charge in [0, 0.05) is 49.2 Å². The van der Waals surface area contributed by atoms with E-state index < -0.39 is 6.04 Å². The number of morpholine rings is 1. The summed E-state index contributed by atoms with van der Waals surface area (Å²) in [5, 5.41) is 1.17. The van der Waals surface area contributed by atoms with Crippen LogP contribution in [0.3, 0.4) is 0 Å². The lowest BCUT2D eigenvalue weighted by molar-refractivity contribution is -0.160. The summed E-state index contributed by atoms with van der Waals surface area (Å²) < 4.78 is 5.44. The van der Waals surface area contributed by atoms with Crippen molar-refractivity contribution in [3.8, 4) is 0 Å². The molecular weight excluding hydrogens is 452 g/mol. The van der Waals surface area contributed by atoms with Crippen molar-refractivity contribution >= 4 is 22.7 Å². The molecule has 0 radical (unpaired) electrons. The van der Waals surface area contributed by atoms with Crippen molar-refractivity contribution in [1.82, 2.24) is 19.7 Å². The molecule has 6 rings (SSSR count). The fourth-order valence-corrected chi connectivity index (χ4v) is 6.19. The van der Waals surface area contributed by atoms with E-state index in [1.54, 1.807) is 4.90 Å². The number of hydrogen-bond donors (Lipinski definition) is 1. The Labute approximate surface area is 212 Å². The van der Waals surface area contributed by atoms with Gasteiger partial charge in [0.15, 0.2) is 0 Å². The molecule has 2 saturated heterocycles. The van der Waals surface area contributed by atoms with E-state index in [4.69, 9.17) is 4.74 Å². The molecule has 7 heteroatoms. The van der Waals surface area contributed by atoms with Crippen LogP contribution >= 0.6 is 0 Å². The molecule has 2 amide bonds. The van der Waals surface area contributed by atoms with Gasteiger partial charge in [-0.1, -0.05) is 48.5 Å². The Hall–Kier alpha value is -3.16. The molecule has 4 heterocycles. The standard InChI is InChI=1S/C29H34N4O3/c34-27-20-32(14-6-13-31-15-17-36-18-16-31)29(35)26-19-23-22-9-4-5-10-24(22)30-28(23)25(33(26)27)12-11-21-7-2-1-3-8-21/h1-5,7-10,25-26,30H,6,11-20H2/t25-,26-/m0/s1. The first-order valence-electron chi connectivity index (χ1n) is 13.2. The number of benzene rings is 2. The molecule has 1 aromatic heterocycles. The highest BCUT2D eigenvalue weighted by molar-refractivity contribution is 5.97. The fraction of sp³-hybridized carbons (Fsp3) is 0.448. The van der Waals surface area contributed by atoms with Crippen molar-refractivity contribution in [3.63, 3.8) is 0 Å². The maximum Gasteiger partial charge on any atom is 0.246 e. The number of hydrogen-bond acceptors (Lipinski definition) is 4. The Morgan fingerprint density at radius 2 is 1.72 bits per heavy atom. The number of nitrogens with zero attached hydrogens (tertiary/aromatic N) is 3. The highest BCUT2D eigenvalue weighted by Crippen LogP contribution is 2.41. The van der Waals surface area contributed by atoms with E-state index in [0.29, 0.717) is 13.0 Å². The van der Waals surface area contributed by atoms with E-state index >= 15 is 0 Å². The molecule has 2 fully saturated rings. The molecule has 3 aromatic rings. The second kappa shape index (κ2) is 10.1. The largest absolute Gasteiger partial charge is 0.379 e. The first kappa shape index (κ1) is 23.3. The molecule has 0 bridgehead atoms. The van der Waals surface area contributed by atoms with Crippen molar-refractivity contribution in [2.45, 2.75) is 37.8 Å². The van der Waals surface area contributed by atoms with Gasteiger partial charge in [-0.05, 0) is 36.5 Å². The molecule has 188 valence electrons. The number of nitrogens with one attached hydrogen (secondary N) is 1. The summed E-state index contributed by atoms with van der Waals surface area (Å²) in [5.41, 5.74) is 4.62. The summed E-state index contributed by atoms with van der Waals surface area (Å²) in [6, 6.07) is 18.1. The van der Waals surface area contributed by atoms with Gasteiger partial charge in [-0.15, -0.1) is 0 Å². The molecule has 2 atom stereocenters. The zero-order valence-electron chi connectivity index (χ0n) is 20.7. The van der Waals surface area contributed by atoms with Gasteiger partial charge in [0.05, 0.1) is 25.8 Å². The lowest BCUT2D eigenvalue weighted by Crippen LogP contribution is -2.63. The number of rotatable bonds is 7. The predicted octanol–water partition coefficient (Wildman–Crippen LogP) is 3.16. The predicted molar refractivity (Wildman–Crippen MR) is 139 cm³/mol. The van der Waals surface area contributed by atoms with E-state index in [2.05, 4.69) is 46.3 Å². The minimum atomic E-state index is -0.429. The lowest BCUT2D eigenvalue weighted by Gasteiger charge is -2.47. The fourth-order valence-electron chi connectivity index (χ4n) is 6.19. The second-order valence-corrected chi connectivity index (χ2v) is 10.2. The van der Waals surface area contributed by atoms with Gasteiger partial charge >= 0.3 is 0 Å². The number of fused-ring (bicyclic) bond motifs is 4. The number of H-pyrrole nitrogens is 1. The molecule has 0 aliphatic carbocycles. The zero-order chi connectivity index (χ0) is 24.5. The number of aryl methyl sites for hydroxylation is 1. The topological polar surface area (TPSA) is 68.9 Å². The average Bonchev–Trinajstić information content (AvgIpc) is 3.29. The quantitative estimate of drug-likeness (QED) is 0.557. The molecule has 3 aliphatic rings. The van der Waals surface area contributed by atoms with Gasteiger partial charge in [-0.3, -0.25) is 14.5 Å². The van der Waals surface area contributed by atoms with E-state index in [9.17, 15) is 9.59 Å². The monoisotopic (exact) mass is 486 g/mol. The SMILES string of the molecule is O=C1[C@@H]2Cc3c([nH]c4ccccc34)[C@H](CCc3ccccc3)N2C(=O)CN1CCCN1CCOCC1. The Kier molecular flexibility index (Phi) is 6.50. The third kappa shape index (κ3) is 4.42. The summed E-state index contributed by atoms with van der Waals surface area (Å²) in [4.78, 5) is 37.1. The molecule has 3 aliphatic heterocycles. The first-order chi connectivity index (χ1) is 17.7. The number of piperazine rings is 1. The number of carbonyl (C=O) groups excluding carboxylic acids is 2. The molecule has 7 nitrogen and oxygen atoms in total. The van der Waals surface area contributed by atoms with Crippen molar-refractivity contribution in [1.29, 1.82) is 0 Å². The van der Waals surface area contributed by atoms with Crippen LogP contribution in [-0.4, -0.2) is 83.5 Å². The number of para-hydroxylation sites is 1. The van der Waals surface area contributed by atoms with Gasteiger partial charge in [-0.25, -0.2) is 0 Å². The minimum absolute atomic E-state index is 0.0633. The molecule has 36 heavy (non-hydrogen) atoms. The van der Waals surface area contributed by atoms with Crippen LogP contribution in [0.4, 0.5) is 0 Å². The highest BCUT2D eigenvalue weighted by Gasteiger charge is 2.47. The Morgan fingerprint density at radius 3 is 2.56 bits per heavy atom. The van der Waals surface area contributed by atoms with E-state index in [1.165, 1.54) is 16.5 Å². The maximum absolute atomic E-state index is 13.8. The third-order valence-corrected chi connectivity index (χ3v) is 8.02. The molecule has 1 N–H and O–H groups in total. The molecular formula is C29H34N4O3. The van der Waals surface area contributed by atoms with Crippen LogP contribution in [0.25, 0.3) is 10.9 Å². The van der Waals surface area contributed by atoms with Crippen LogP contribution in [0.5, 0.6) is 0 Å². The van der Waals surface area contributed by atoms with Gasteiger partial charge in [0.25, 0.3) is 0 Å². The van der Waals surface area contributed by atoms with E-state index in [-0.39, 0.29) is 24.4 Å². The number of aromatic amines is 1. The summed E-state index contributed by atoms with van der Waals surface area (Å²) in [7, 11) is 0. The van der Waals surface area contributed by atoms with Crippen LogP contribution in [0.15, 0.2) is 54.6 Å². The Balaban J connectivity index is 1.25. The minimum Gasteiger partial charge on any atom is -0.379 e. The number of amides is 2. The van der Waals surface area contributed by atoms with Crippen molar-refractivity contribution in [2.75, 3.05) is 45.9 Å². The van der Waals surface area contributed by atoms with Crippen LogP contribution < -0.4 is 0 Å². The number of aromatic nitrogens is 1. The first-order valence-corrected chi connectivity index (χ1v) is 13.2. The Morgan fingerprint density at radius 1 is 0.944 bits per heavy atom. The molecule has 0 saturated carbocycles. The van der Waals surface area contributed by atoms with Gasteiger partial charge in [0.1, 0.15) is 6.04 Å².